The van der Waals surface area contributed by atoms with Crippen LogP contribution in [0.1, 0.15) is 37.5 Å². The van der Waals surface area contributed by atoms with Crippen LogP contribution in [0.25, 0.3) is 11.1 Å². The molecule has 0 bridgehead atoms. The van der Waals surface area contributed by atoms with Crippen molar-refractivity contribution >= 4 is 5.69 Å². The Morgan fingerprint density at radius 2 is 1.43 bits per heavy atom. The van der Waals surface area contributed by atoms with Crippen LogP contribution in [0.15, 0.2) is 66.7 Å². The zero-order valence-electron chi connectivity index (χ0n) is 17.6. The molecule has 0 aliphatic carbocycles. The summed E-state index contributed by atoms with van der Waals surface area (Å²) in [6.07, 6.45) is -4.69. The second kappa shape index (κ2) is 8.42. The highest BCUT2D eigenvalue weighted by Crippen LogP contribution is 2.29. The number of aryl methyl sites for hydroxylation is 1. The van der Waals surface area contributed by atoms with E-state index in [9.17, 15) is 13.2 Å². The lowest BCUT2D eigenvalue weighted by atomic mass is 9.87. The minimum Gasteiger partial charge on any atom is -0.406 e. The van der Waals surface area contributed by atoms with Gasteiger partial charge in [-0.15, -0.1) is 13.2 Å². The summed E-state index contributed by atoms with van der Waals surface area (Å²) in [5.74, 6) is -0.226. The van der Waals surface area contributed by atoms with Gasteiger partial charge in [-0.2, -0.15) is 0 Å². The van der Waals surface area contributed by atoms with E-state index < -0.39 is 6.36 Å². The number of benzene rings is 3. The molecule has 30 heavy (non-hydrogen) atoms. The lowest BCUT2D eigenvalue weighted by Gasteiger charge is -2.19. The number of hydrogen-bond acceptors (Lipinski definition) is 2. The third-order valence-electron chi connectivity index (χ3n) is 4.82. The van der Waals surface area contributed by atoms with Gasteiger partial charge in [-0.1, -0.05) is 63.2 Å². The molecule has 0 fully saturated rings. The van der Waals surface area contributed by atoms with E-state index in [1.807, 2.05) is 25.1 Å². The molecule has 0 heterocycles. The average Bonchev–Trinajstić information content (AvgIpc) is 2.65. The van der Waals surface area contributed by atoms with E-state index in [1.165, 1.54) is 23.3 Å². The Morgan fingerprint density at radius 3 is 2.00 bits per heavy atom. The molecule has 0 unspecified atom stereocenters. The molecule has 0 atom stereocenters. The maximum absolute atomic E-state index is 12.3. The monoisotopic (exact) mass is 413 g/mol. The second-order valence-corrected chi connectivity index (χ2v) is 8.46. The fraction of sp³-hybridized carbons (Fsp3) is 0.280. The predicted octanol–water partition coefficient (Wildman–Crippen LogP) is 7.47. The van der Waals surface area contributed by atoms with Crippen molar-refractivity contribution < 1.29 is 17.9 Å². The standard InChI is InChI=1S/C25H26F3NO/c1-17-13-20(19-7-11-23(12-8-19)30-25(26,27)28)15-22(14-17)29-16-18-5-9-21(10-6-18)24(2,3)4/h5-15,29H,16H2,1-4H3. The number of rotatable bonds is 5. The van der Waals surface area contributed by atoms with Crippen LogP contribution < -0.4 is 10.1 Å². The van der Waals surface area contributed by atoms with E-state index in [1.54, 1.807) is 12.1 Å². The van der Waals surface area contributed by atoms with Crippen LogP contribution in [-0.4, -0.2) is 6.36 Å². The number of ether oxygens (including phenoxy) is 1. The third-order valence-corrected chi connectivity index (χ3v) is 4.82. The number of hydrogen-bond donors (Lipinski definition) is 1. The summed E-state index contributed by atoms with van der Waals surface area (Å²) >= 11 is 0. The average molecular weight is 413 g/mol. The lowest BCUT2D eigenvalue weighted by molar-refractivity contribution is -0.274. The van der Waals surface area contributed by atoms with Crippen molar-refractivity contribution in [3.63, 3.8) is 0 Å². The highest BCUT2D eigenvalue weighted by atomic mass is 19.4. The Hall–Kier alpha value is -2.95. The summed E-state index contributed by atoms with van der Waals surface area (Å²) in [5.41, 5.74) is 6.37. The van der Waals surface area contributed by atoms with Crippen molar-refractivity contribution in [1.29, 1.82) is 0 Å². The van der Waals surface area contributed by atoms with Crippen LogP contribution >= 0.6 is 0 Å². The molecule has 1 N–H and O–H groups in total. The van der Waals surface area contributed by atoms with E-state index in [-0.39, 0.29) is 11.2 Å². The molecule has 0 radical (unpaired) electrons. The molecule has 3 aromatic rings. The van der Waals surface area contributed by atoms with Gasteiger partial charge >= 0.3 is 6.36 Å². The number of nitrogens with one attached hydrogen (secondary N) is 1. The molecule has 0 spiro atoms. The zero-order valence-corrected chi connectivity index (χ0v) is 17.6. The summed E-state index contributed by atoms with van der Waals surface area (Å²) < 4.78 is 41.0. The Kier molecular flexibility index (Phi) is 6.11. The van der Waals surface area contributed by atoms with Gasteiger partial charge in [0, 0.05) is 12.2 Å². The van der Waals surface area contributed by atoms with Gasteiger partial charge in [-0.25, -0.2) is 0 Å². The first-order valence-corrected chi connectivity index (χ1v) is 9.81. The Bertz CT molecular complexity index is 985. The van der Waals surface area contributed by atoms with Crippen molar-refractivity contribution in [1.82, 2.24) is 0 Å². The van der Waals surface area contributed by atoms with Crippen LogP contribution in [-0.2, 0) is 12.0 Å². The predicted molar refractivity (Wildman–Crippen MR) is 116 cm³/mol. The van der Waals surface area contributed by atoms with E-state index in [0.29, 0.717) is 6.54 Å². The van der Waals surface area contributed by atoms with Crippen LogP contribution in [0.5, 0.6) is 5.75 Å². The molecule has 0 aliphatic rings. The van der Waals surface area contributed by atoms with E-state index >= 15 is 0 Å². The third kappa shape index (κ3) is 6.02. The molecule has 0 aromatic heterocycles. The Labute approximate surface area is 175 Å². The highest BCUT2D eigenvalue weighted by molar-refractivity contribution is 5.70. The first kappa shape index (κ1) is 21.8. The zero-order chi connectivity index (χ0) is 21.9. The van der Waals surface area contributed by atoms with Crippen LogP contribution in [0, 0.1) is 6.92 Å². The fourth-order valence-electron chi connectivity index (χ4n) is 3.23. The Morgan fingerprint density at radius 1 is 0.800 bits per heavy atom. The molecule has 158 valence electrons. The van der Waals surface area contributed by atoms with Gasteiger partial charge in [0.15, 0.2) is 0 Å². The summed E-state index contributed by atoms with van der Waals surface area (Å²) in [5, 5.41) is 3.44. The first-order valence-electron chi connectivity index (χ1n) is 9.81. The molecular formula is C25H26F3NO. The lowest BCUT2D eigenvalue weighted by Crippen LogP contribution is -2.16. The second-order valence-electron chi connectivity index (χ2n) is 8.46. The SMILES string of the molecule is Cc1cc(NCc2ccc(C(C)(C)C)cc2)cc(-c2ccc(OC(F)(F)F)cc2)c1. The number of halogens is 3. The van der Waals surface area contributed by atoms with Gasteiger partial charge in [0.2, 0.25) is 0 Å². The van der Waals surface area contributed by atoms with Crippen LogP contribution in [0.4, 0.5) is 18.9 Å². The summed E-state index contributed by atoms with van der Waals surface area (Å²) in [4.78, 5) is 0. The topological polar surface area (TPSA) is 21.3 Å². The van der Waals surface area contributed by atoms with E-state index in [4.69, 9.17) is 0 Å². The smallest absolute Gasteiger partial charge is 0.406 e. The number of alkyl halides is 3. The maximum atomic E-state index is 12.3. The normalized spacial score (nSPS) is 12.0. The maximum Gasteiger partial charge on any atom is 0.573 e. The molecule has 0 amide bonds. The van der Waals surface area contributed by atoms with Gasteiger partial charge in [0.05, 0.1) is 0 Å². The van der Waals surface area contributed by atoms with Gasteiger partial charge in [0.1, 0.15) is 5.75 Å². The molecule has 3 aromatic carbocycles. The summed E-state index contributed by atoms with van der Waals surface area (Å²) in [7, 11) is 0. The van der Waals surface area contributed by atoms with E-state index in [0.717, 1.165) is 22.4 Å². The quantitative estimate of drug-likeness (QED) is 0.468. The molecule has 5 heteroatoms. The molecule has 0 saturated heterocycles. The van der Waals surface area contributed by atoms with Crippen LogP contribution in [0.3, 0.4) is 0 Å². The molecule has 3 rings (SSSR count). The van der Waals surface area contributed by atoms with Gasteiger partial charge in [0.25, 0.3) is 0 Å². The summed E-state index contributed by atoms with van der Waals surface area (Å²) in [6, 6.07) is 20.5. The van der Waals surface area contributed by atoms with Crippen molar-refractivity contribution in [2.75, 3.05) is 5.32 Å². The minimum absolute atomic E-state index is 0.123. The molecular weight excluding hydrogens is 387 g/mol. The van der Waals surface area contributed by atoms with Crippen molar-refractivity contribution in [2.45, 2.75) is 46.0 Å². The number of anilines is 1. The molecule has 0 aliphatic heterocycles. The van der Waals surface area contributed by atoms with Gasteiger partial charge < -0.3 is 10.1 Å². The minimum atomic E-state index is -4.69. The molecule has 2 nitrogen and oxygen atoms in total. The largest absolute Gasteiger partial charge is 0.573 e. The first-order chi connectivity index (χ1) is 14.0. The van der Waals surface area contributed by atoms with Crippen molar-refractivity contribution in [3.8, 4) is 16.9 Å². The van der Waals surface area contributed by atoms with Crippen molar-refractivity contribution in [3.05, 3.63) is 83.4 Å². The summed E-state index contributed by atoms with van der Waals surface area (Å²) in [6.45, 7) is 9.25. The van der Waals surface area contributed by atoms with E-state index in [2.05, 4.69) is 55.1 Å². The van der Waals surface area contributed by atoms with Crippen molar-refractivity contribution in [2.24, 2.45) is 0 Å². The molecule has 0 saturated carbocycles. The van der Waals surface area contributed by atoms with Gasteiger partial charge in [-0.05, 0) is 64.4 Å². The highest BCUT2D eigenvalue weighted by Gasteiger charge is 2.30. The Balaban J connectivity index is 1.72. The van der Waals surface area contributed by atoms with Crippen LogP contribution in [0.2, 0.25) is 0 Å². The van der Waals surface area contributed by atoms with Gasteiger partial charge in [-0.3, -0.25) is 0 Å². The fourth-order valence-corrected chi connectivity index (χ4v) is 3.23.